The third-order valence-corrected chi connectivity index (χ3v) is 4.11. The summed E-state index contributed by atoms with van der Waals surface area (Å²) in [5.74, 6) is 0.901. The fourth-order valence-corrected chi connectivity index (χ4v) is 2.80. The molecule has 1 aliphatic heterocycles. The maximum atomic E-state index is 12.6. The van der Waals surface area contributed by atoms with Crippen LogP contribution in [0.1, 0.15) is 28.8 Å². The van der Waals surface area contributed by atoms with E-state index in [1.54, 1.807) is 7.11 Å². The lowest BCUT2D eigenvalue weighted by Crippen LogP contribution is -2.23. The van der Waals surface area contributed by atoms with E-state index in [9.17, 15) is 4.79 Å². The van der Waals surface area contributed by atoms with Crippen molar-refractivity contribution in [3.05, 3.63) is 42.1 Å². The smallest absolute Gasteiger partial charge is 0.168 e. The Labute approximate surface area is 123 Å². The van der Waals surface area contributed by atoms with Crippen LogP contribution in [0.2, 0.25) is 0 Å². The Bertz CT molecular complexity index is 680. The summed E-state index contributed by atoms with van der Waals surface area (Å²) in [6.45, 7) is 5.20. The number of H-pyrrole nitrogens is 1. The van der Waals surface area contributed by atoms with Gasteiger partial charge < -0.3 is 14.5 Å². The molecule has 1 aromatic heterocycles. The highest BCUT2D eigenvalue weighted by Crippen LogP contribution is 2.27. The highest BCUT2D eigenvalue weighted by Gasteiger charge is 2.24. The molecule has 3 rings (SSSR count). The van der Waals surface area contributed by atoms with Crippen LogP contribution in [0.3, 0.4) is 0 Å². The molecule has 0 bridgehead atoms. The van der Waals surface area contributed by atoms with Crippen LogP contribution < -0.4 is 0 Å². The van der Waals surface area contributed by atoms with Crippen LogP contribution in [0, 0.1) is 5.92 Å². The van der Waals surface area contributed by atoms with E-state index >= 15 is 0 Å². The molecule has 0 atom stereocenters. The van der Waals surface area contributed by atoms with Crippen molar-refractivity contribution in [2.75, 3.05) is 20.3 Å². The Hall–Kier alpha value is -2.07. The van der Waals surface area contributed by atoms with Gasteiger partial charge in [-0.3, -0.25) is 4.79 Å². The summed E-state index contributed by atoms with van der Waals surface area (Å²) in [5.41, 5.74) is 2.62. The van der Waals surface area contributed by atoms with Crippen LogP contribution in [-0.4, -0.2) is 31.1 Å². The first-order valence-corrected chi connectivity index (χ1v) is 7.17. The van der Waals surface area contributed by atoms with Gasteiger partial charge in [-0.2, -0.15) is 0 Å². The molecule has 1 aromatic carbocycles. The molecular formula is C17H19NO3. The van der Waals surface area contributed by atoms with Gasteiger partial charge in [0.05, 0.1) is 7.11 Å². The van der Waals surface area contributed by atoms with Crippen molar-refractivity contribution >= 4 is 22.4 Å². The summed E-state index contributed by atoms with van der Waals surface area (Å²) in [7, 11) is 1.60. The van der Waals surface area contributed by atoms with Crippen LogP contribution in [-0.2, 0) is 9.47 Å². The number of carbonyl (C=O) groups is 1. The molecule has 2 aromatic rings. The number of aromatic amines is 1. The van der Waals surface area contributed by atoms with Crippen LogP contribution >= 0.6 is 0 Å². The molecule has 1 saturated heterocycles. The number of hydrogen-bond acceptors (Lipinski definition) is 3. The minimum atomic E-state index is 0.0753. The van der Waals surface area contributed by atoms with E-state index < -0.39 is 0 Å². The lowest BCUT2D eigenvalue weighted by Gasteiger charge is -2.20. The molecule has 0 aliphatic carbocycles. The van der Waals surface area contributed by atoms with Crippen LogP contribution in [0.4, 0.5) is 0 Å². The number of hydrogen-bond donors (Lipinski definition) is 1. The maximum Gasteiger partial charge on any atom is 0.168 e. The number of fused-ring (bicyclic) bond motifs is 1. The summed E-state index contributed by atoms with van der Waals surface area (Å²) in [4.78, 5) is 15.8. The molecule has 4 nitrogen and oxygen atoms in total. The van der Waals surface area contributed by atoms with Crippen molar-refractivity contribution in [3.63, 3.8) is 0 Å². The normalized spacial score (nSPS) is 16.0. The Balaban J connectivity index is 1.93. The quantitative estimate of drug-likeness (QED) is 0.692. The average Bonchev–Trinajstić information content (AvgIpc) is 2.97. The van der Waals surface area contributed by atoms with E-state index in [-0.39, 0.29) is 11.7 Å². The molecule has 0 saturated carbocycles. The van der Waals surface area contributed by atoms with Crippen molar-refractivity contribution in [2.45, 2.75) is 12.8 Å². The number of Topliss-reactive ketones (excluding diaryl/α,β-unsaturated/α-hetero) is 1. The van der Waals surface area contributed by atoms with Crippen LogP contribution in [0.5, 0.6) is 0 Å². The Kier molecular flexibility index (Phi) is 3.80. The number of rotatable bonds is 4. The summed E-state index contributed by atoms with van der Waals surface area (Å²) >= 11 is 0. The predicted octanol–water partition coefficient (Wildman–Crippen LogP) is 3.39. The Morgan fingerprint density at radius 2 is 2.14 bits per heavy atom. The number of benzene rings is 1. The fraction of sp³-hybridized carbons (Fsp3) is 0.353. The van der Waals surface area contributed by atoms with Gasteiger partial charge in [0.1, 0.15) is 5.76 Å². The number of ketones is 1. The summed E-state index contributed by atoms with van der Waals surface area (Å²) in [6, 6.07) is 5.85. The molecule has 0 amide bonds. The maximum absolute atomic E-state index is 12.6. The van der Waals surface area contributed by atoms with Crippen molar-refractivity contribution in [1.82, 2.24) is 4.98 Å². The second-order valence-electron chi connectivity index (χ2n) is 5.34. The Morgan fingerprint density at radius 3 is 2.86 bits per heavy atom. The molecular weight excluding hydrogens is 266 g/mol. The molecule has 1 fully saturated rings. The van der Waals surface area contributed by atoms with Crippen molar-refractivity contribution in [2.24, 2.45) is 5.92 Å². The SMILES string of the molecule is C=C(OC)c1ccc2c(C(=O)C3CCOCC3)c[nH]c2c1. The number of aromatic nitrogens is 1. The summed E-state index contributed by atoms with van der Waals surface area (Å²) in [5, 5.41) is 0.958. The molecule has 2 heterocycles. The van der Waals surface area contributed by atoms with Crippen LogP contribution in [0.25, 0.3) is 16.7 Å². The zero-order valence-electron chi connectivity index (χ0n) is 12.1. The molecule has 0 spiro atoms. The first kappa shape index (κ1) is 13.9. The second-order valence-corrected chi connectivity index (χ2v) is 5.34. The zero-order valence-corrected chi connectivity index (χ0v) is 12.1. The van der Waals surface area contributed by atoms with E-state index in [0.717, 1.165) is 34.9 Å². The predicted molar refractivity (Wildman–Crippen MR) is 82.2 cm³/mol. The minimum absolute atomic E-state index is 0.0753. The first-order valence-electron chi connectivity index (χ1n) is 7.17. The van der Waals surface area contributed by atoms with E-state index in [2.05, 4.69) is 11.6 Å². The third-order valence-electron chi connectivity index (χ3n) is 4.11. The van der Waals surface area contributed by atoms with Crippen molar-refractivity contribution in [3.8, 4) is 0 Å². The highest BCUT2D eigenvalue weighted by molar-refractivity contribution is 6.09. The first-order chi connectivity index (χ1) is 10.2. The van der Waals surface area contributed by atoms with Gasteiger partial charge in [-0.15, -0.1) is 0 Å². The van der Waals surface area contributed by atoms with Gasteiger partial charge in [0.15, 0.2) is 5.78 Å². The van der Waals surface area contributed by atoms with Gasteiger partial charge in [0.25, 0.3) is 0 Å². The number of methoxy groups -OCH3 is 1. The molecule has 0 radical (unpaired) electrons. The molecule has 4 heteroatoms. The van der Waals surface area contributed by atoms with Gasteiger partial charge in [-0.1, -0.05) is 18.7 Å². The zero-order chi connectivity index (χ0) is 14.8. The number of nitrogens with one attached hydrogen (secondary N) is 1. The monoisotopic (exact) mass is 285 g/mol. The largest absolute Gasteiger partial charge is 0.497 e. The standard InChI is InChI=1S/C17H19NO3/c1-11(20-2)13-3-4-14-15(10-18-16(14)9-13)17(19)12-5-7-21-8-6-12/h3-4,9-10,12,18H,1,5-8H2,2H3. The van der Waals surface area contributed by atoms with Gasteiger partial charge >= 0.3 is 0 Å². The minimum Gasteiger partial charge on any atom is -0.497 e. The van der Waals surface area contributed by atoms with Gasteiger partial charge in [0.2, 0.25) is 0 Å². The van der Waals surface area contributed by atoms with Crippen LogP contribution in [0.15, 0.2) is 31.0 Å². The fourth-order valence-electron chi connectivity index (χ4n) is 2.80. The Morgan fingerprint density at radius 1 is 1.38 bits per heavy atom. The summed E-state index contributed by atoms with van der Waals surface area (Å²) < 4.78 is 10.5. The topological polar surface area (TPSA) is 51.3 Å². The van der Waals surface area contributed by atoms with Crippen molar-refractivity contribution in [1.29, 1.82) is 0 Å². The second kappa shape index (κ2) is 5.74. The van der Waals surface area contributed by atoms with Gasteiger partial charge in [-0.25, -0.2) is 0 Å². The number of ether oxygens (including phenoxy) is 2. The summed E-state index contributed by atoms with van der Waals surface area (Å²) in [6.07, 6.45) is 3.43. The highest BCUT2D eigenvalue weighted by atomic mass is 16.5. The lowest BCUT2D eigenvalue weighted by atomic mass is 9.91. The number of carbonyl (C=O) groups excluding carboxylic acids is 1. The molecule has 110 valence electrons. The van der Waals surface area contributed by atoms with Gasteiger partial charge in [0, 0.05) is 47.4 Å². The van der Waals surface area contributed by atoms with Gasteiger partial charge in [-0.05, 0) is 18.9 Å². The molecule has 0 unspecified atom stereocenters. The van der Waals surface area contributed by atoms with E-state index in [4.69, 9.17) is 9.47 Å². The molecule has 1 N–H and O–H groups in total. The van der Waals surface area contributed by atoms with Crippen molar-refractivity contribution < 1.29 is 14.3 Å². The average molecular weight is 285 g/mol. The van der Waals surface area contributed by atoms with E-state index in [1.165, 1.54) is 0 Å². The van der Waals surface area contributed by atoms with E-state index in [1.807, 2.05) is 24.4 Å². The lowest BCUT2D eigenvalue weighted by molar-refractivity contribution is 0.0546. The third kappa shape index (κ3) is 2.59. The van der Waals surface area contributed by atoms with E-state index in [0.29, 0.717) is 19.0 Å². The molecule has 21 heavy (non-hydrogen) atoms. The molecule has 1 aliphatic rings.